The first-order valence-corrected chi connectivity index (χ1v) is 11.6. The van der Waals surface area contributed by atoms with Crippen LogP contribution in [0.25, 0.3) is 0 Å². The number of ether oxygens (including phenoxy) is 3. The van der Waals surface area contributed by atoms with Gasteiger partial charge in [0.2, 0.25) is 0 Å². The largest absolute Gasteiger partial charge is 0.486 e. The van der Waals surface area contributed by atoms with Crippen molar-refractivity contribution in [2.24, 2.45) is 0 Å². The average Bonchev–Trinajstić information content (AvgIpc) is 2.92. The molecule has 1 amide bonds. The van der Waals surface area contributed by atoms with E-state index in [0.29, 0.717) is 48.4 Å². The molecule has 0 saturated carbocycles. The van der Waals surface area contributed by atoms with Gasteiger partial charge in [-0.1, -0.05) is 12.1 Å². The molecule has 1 N–H and O–H groups in total. The molecule has 8 nitrogen and oxygen atoms in total. The first-order chi connectivity index (χ1) is 15.5. The third kappa shape index (κ3) is 3.50. The molecule has 0 saturated heterocycles. The predicted octanol–water partition coefficient (Wildman–Crippen LogP) is 4.03. The zero-order chi connectivity index (χ0) is 22.3. The van der Waals surface area contributed by atoms with E-state index in [-0.39, 0.29) is 22.1 Å². The van der Waals surface area contributed by atoms with Crippen molar-refractivity contribution in [3.8, 4) is 23.0 Å². The lowest BCUT2D eigenvalue weighted by atomic mass is 10.1. The summed E-state index contributed by atoms with van der Waals surface area (Å²) >= 11 is 0. The number of benzene rings is 3. The second kappa shape index (κ2) is 7.76. The number of rotatable bonds is 4. The van der Waals surface area contributed by atoms with Crippen LogP contribution >= 0.6 is 0 Å². The number of carbonyl (C=O) groups is 1. The van der Waals surface area contributed by atoms with Gasteiger partial charge in [-0.2, -0.15) is 0 Å². The Balaban J connectivity index is 1.48. The number of nitrogens with one attached hydrogen (secondary N) is 1. The van der Waals surface area contributed by atoms with Crippen LogP contribution in [0.2, 0.25) is 0 Å². The molecule has 9 heteroatoms. The van der Waals surface area contributed by atoms with Crippen molar-refractivity contribution in [3.05, 3.63) is 66.2 Å². The molecule has 0 aliphatic carbocycles. The van der Waals surface area contributed by atoms with Crippen LogP contribution in [0.3, 0.4) is 0 Å². The van der Waals surface area contributed by atoms with E-state index in [1.165, 1.54) is 18.2 Å². The molecule has 2 aliphatic heterocycles. The molecule has 0 radical (unpaired) electrons. The lowest BCUT2D eigenvalue weighted by Gasteiger charge is -2.20. The highest BCUT2D eigenvalue weighted by atomic mass is 32.2. The van der Waals surface area contributed by atoms with Crippen LogP contribution in [0.5, 0.6) is 23.0 Å². The van der Waals surface area contributed by atoms with Crippen molar-refractivity contribution < 1.29 is 27.4 Å². The summed E-state index contributed by atoms with van der Waals surface area (Å²) in [6, 6.07) is 16.3. The summed E-state index contributed by atoms with van der Waals surface area (Å²) < 4.78 is 45.4. The van der Waals surface area contributed by atoms with Crippen molar-refractivity contribution in [3.63, 3.8) is 0 Å². The number of nitrogens with zero attached hydrogens (tertiary/aromatic N) is 1. The Morgan fingerprint density at radius 1 is 0.906 bits per heavy atom. The zero-order valence-corrected chi connectivity index (χ0v) is 18.0. The van der Waals surface area contributed by atoms with Gasteiger partial charge in [0.05, 0.1) is 16.1 Å². The Bertz CT molecular complexity index is 1320. The fourth-order valence-electron chi connectivity index (χ4n) is 3.71. The van der Waals surface area contributed by atoms with Crippen LogP contribution in [0.15, 0.2) is 65.6 Å². The van der Waals surface area contributed by atoms with Gasteiger partial charge in [0.15, 0.2) is 17.2 Å². The lowest BCUT2D eigenvalue weighted by Crippen LogP contribution is -2.29. The van der Waals surface area contributed by atoms with Crippen molar-refractivity contribution in [1.82, 2.24) is 0 Å². The number of hydrogen-bond acceptors (Lipinski definition) is 6. The number of amides is 1. The molecule has 0 spiro atoms. The average molecular weight is 452 g/mol. The molecule has 32 heavy (non-hydrogen) atoms. The molecule has 0 atom stereocenters. The summed E-state index contributed by atoms with van der Waals surface area (Å²) in [5.74, 6) is 1.53. The summed E-state index contributed by atoms with van der Waals surface area (Å²) in [4.78, 5) is 14.8. The Hall–Kier alpha value is -3.72. The van der Waals surface area contributed by atoms with Crippen LogP contribution in [-0.2, 0) is 10.0 Å². The molecule has 3 aromatic rings. The zero-order valence-electron chi connectivity index (χ0n) is 17.2. The fraction of sp³-hybridized carbons (Fsp3) is 0.174. The highest BCUT2D eigenvalue weighted by Gasteiger charge is 2.28. The number of fused-ring (bicyclic) bond motifs is 3. The van der Waals surface area contributed by atoms with E-state index in [0.717, 1.165) is 0 Å². The van der Waals surface area contributed by atoms with E-state index >= 15 is 0 Å². The SMILES string of the molecule is CCN1C(=O)c2cc(NS(=O)(=O)c3ccc4c(c3)OCCO4)ccc2Oc2ccccc21. The fourth-order valence-corrected chi connectivity index (χ4v) is 4.77. The molecule has 0 fully saturated rings. The first kappa shape index (κ1) is 20.2. The smallest absolute Gasteiger partial charge is 0.262 e. The van der Waals surface area contributed by atoms with Gasteiger partial charge in [-0.05, 0) is 49.4 Å². The van der Waals surface area contributed by atoms with Gasteiger partial charge in [0.1, 0.15) is 19.0 Å². The molecule has 2 aliphatic rings. The molecule has 5 rings (SSSR count). The van der Waals surface area contributed by atoms with Crippen LogP contribution in [0, 0.1) is 0 Å². The molecule has 0 aromatic heterocycles. The maximum atomic E-state index is 13.2. The van der Waals surface area contributed by atoms with Crippen LogP contribution in [0.1, 0.15) is 17.3 Å². The summed E-state index contributed by atoms with van der Waals surface area (Å²) in [5, 5.41) is 0. The second-order valence-electron chi connectivity index (χ2n) is 7.24. The molecule has 164 valence electrons. The van der Waals surface area contributed by atoms with Gasteiger partial charge in [0.25, 0.3) is 15.9 Å². The monoisotopic (exact) mass is 452 g/mol. The molecule has 0 unspecified atom stereocenters. The lowest BCUT2D eigenvalue weighted by molar-refractivity contribution is 0.0988. The Morgan fingerprint density at radius 2 is 1.66 bits per heavy atom. The minimum atomic E-state index is -3.92. The van der Waals surface area contributed by atoms with Crippen molar-refractivity contribution in [1.29, 1.82) is 0 Å². The normalized spacial score (nSPS) is 14.7. The quantitative estimate of drug-likeness (QED) is 0.642. The number of hydrogen-bond donors (Lipinski definition) is 1. The van der Waals surface area contributed by atoms with E-state index in [4.69, 9.17) is 14.2 Å². The third-order valence-corrected chi connectivity index (χ3v) is 6.60. The minimum Gasteiger partial charge on any atom is -0.486 e. The van der Waals surface area contributed by atoms with E-state index in [2.05, 4.69) is 4.72 Å². The Morgan fingerprint density at radius 3 is 2.47 bits per heavy atom. The Labute approximate surface area is 185 Å². The summed E-state index contributed by atoms with van der Waals surface area (Å²) in [6.45, 7) is 3.08. The van der Waals surface area contributed by atoms with Gasteiger partial charge < -0.3 is 19.1 Å². The van der Waals surface area contributed by atoms with E-state index in [1.807, 2.05) is 25.1 Å². The first-order valence-electron chi connectivity index (χ1n) is 10.1. The van der Waals surface area contributed by atoms with Gasteiger partial charge >= 0.3 is 0 Å². The molecular weight excluding hydrogens is 432 g/mol. The highest BCUT2D eigenvalue weighted by molar-refractivity contribution is 7.92. The summed E-state index contributed by atoms with van der Waals surface area (Å²) in [6.07, 6.45) is 0. The van der Waals surface area contributed by atoms with Crippen molar-refractivity contribution >= 4 is 27.3 Å². The summed E-state index contributed by atoms with van der Waals surface area (Å²) in [5.41, 5.74) is 1.18. The topological polar surface area (TPSA) is 94.2 Å². The minimum absolute atomic E-state index is 0.0295. The standard InChI is InChI=1S/C23H20N2O6S/c1-2-25-18-5-3-4-6-20(18)31-19-9-7-15(13-17(19)23(25)26)24-32(27,28)16-8-10-21-22(14-16)30-12-11-29-21/h3-10,13-14,24H,2,11-12H2,1H3. The molecule has 3 aromatic carbocycles. The molecule has 2 heterocycles. The van der Waals surface area contributed by atoms with E-state index in [1.54, 1.807) is 29.2 Å². The van der Waals surface area contributed by atoms with Crippen molar-refractivity contribution in [2.45, 2.75) is 11.8 Å². The third-order valence-electron chi connectivity index (χ3n) is 5.22. The van der Waals surface area contributed by atoms with Crippen LogP contribution < -0.4 is 23.8 Å². The predicted molar refractivity (Wildman–Crippen MR) is 119 cm³/mol. The highest BCUT2D eigenvalue weighted by Crippen LogP contribution is 2.40. The number of carbonyl (C=O) groups excluding carboxylic acids is 1. The van der Waals surface area contributed by atoms with Gasteiger partial charge in [0, 0.05) is 18.3 Å². The second-order valence-corrected chi connectivity index (χ2v) is 8.92. The maximum Gasteiger partial charge on any atom is 0.262 e. The Kier molecular flexibility index (Phi) is 4.90. The summed E-state index contributed by atoms with van der Waals surface area (Å²) in [7, 11) is -3.92. The van der Waals surface area contributed by atoms with Crippen LogP contribution in [-0.4, -0.2) is 34.1 Å². The van der Waals surface area contributed by atoms with Gasteiger partial charge in [-0.25, -0.2) is 8.42 Å². The van der Waals surface area contributed by atoms with E-state index < -0.39 is 10.0 Å². The van der Waals surface area contributed by atoms with Crippen molar-refractivity contribution in [2.75, 3.05) is 29.4 Å². The molecular formula is C23H20N2O6S. The van der Waals surface area contributed by atoms with Gasteiger partial charge in [-0.15, -0.1) is 0 Å². The number of para-hydroxylation sites is 2. The molecule has 0 bridgehead atoms. The van der Waals surface area contributed by atoms with Gasteiger partial charge in [-0.3, -0.25) is 9.52 Å². The number of sulfonamides is 1. The van der Waals surface area contributed by atoms with E-state index in [9.17, 15) is 13.2 Å². The number of anilines is 2. The maximum absolute atomic E-state index is 13.2. The van der Waals surface area contributed by atoms with Crippen LogP contribution in [0.4, 0.5) is 11.4 Å².